The largest absolute Gasteiger partial charge is 0.469 e. The van der Waals surface area contributed by atoms with E-state index in [0.29, 0.717) is 32.3 Å². The third kappa shape index (κ3) is 4.94. The molecule has 0 aliphatic carbocycles. The standard InChI is InChI=1S/C17H19ClN4O4S/c1-25-14(23)9-12(13-3-2-8-27-13)20-16(24)15-11(18)10-19-17(21-15)22-4-6-26-7-5-22/h2-3,8,10,12H,4-7,9H2,1H3,(H,20,24)/t12-/m0/s1. The Morgan fingerprint density at radius 2 is 2.22 bits per heavy atom. The highest BCUT2D eigenvalue weighted by Crippen LogP contribution is 2.24. The van der Waals surface area contributed by atoms with E-state index in [1.165, 1.54) is 24.6 Å². The second kappa shape index (κ2) is 9.12. The van der Waals surface area contributed by atoms with Crippen LogP contribution in [0.25, 0.3) is 0 Å². The molecule has 0 saturated carbocycles. The number of carbonyl (C=O) groups excluding carboxylic acids is 2. The normalized spacial score (nSPS) is 15.3. The predicted molar refractivity (Wildman–Crippen MR) is 101 cm³/mol. The van der Waals surface area contributed by atoms with Crippen LogP contribution in [0.2, 0.25) is 5.02 Å². The second-order valence-corrected chi connectivity index (χ2v) is 7.17. The summed E-state index contributed by atoms with van der Waals surface area (Å²) in [5.41, 5.74) is 0.0691. The lowest BCUT2D eigenvalue weighted by atomic mass is 10.1. The molecule has 0 spiro atoms. The number of nitrogens with zero attached hydrogens (tertiary/aromatic N) is 3. The lowest BCUT2D eigenvalue weighted by Crippen LogP contribution is -2.38. The maximum Gasteiger partial charge on any atom is 0.307 e. The molecule has 3 heterocycles. The summed E-state index contributed by atoms with van der Waals surface area (Å²) in [6, 6.07) is 3.17. The molecule has 0 unspecified atom stereocenters. The zero-order chi connectivity index (χ0) is 19.2. The Hall–Kier alpha value is -2.23. The fourth-order valence-corrected chi connectivity index (χ4v) is 3.58. The van der Waals surface area contributed by atoms with Gasteiger partial charge in [-0.3, -0.25) is 9.59 Å². The van der Waals surface area contributed by atoms with Crippen LogP contribution in [0.3, 0.4) is 0 Å². The number of hydrogen-bond acceptors (Lipinski definition) is 8. The van der Waals surface area contributed by atoms with Crippen molar-refractivity contribution in [3.8, 4) is 0 Å². The summed E-state index contributed by atoms with van der Waals surface area (Å²) < 4.78 is 10.1. The van der Waals surface area contributed by atoms with E-state index in [1.807, 2.05) is 22.4 Å². The number of amides is 1. The van der Waals surface area contributed by atoms with Crippen molar-refractivity contribution >= 4 is 40.8 Å². The maximum atomic E-state index is 12.8. The van der Waals surface area contributed by atoms with Gasteiger partial charge in [-0.2, -0.15) is 0 Å². The summed E-state index contributed by atoms with van der Waals surface area (Å²) in [5, 5.41) is 4.85. The number of morpholine rings is 1. The SMILES string of the molecule is COC(=O)C[C@H](NC(=O)c1nc(N2CCOCC2)ncc1Cl)c1cccs1. The highest BCUT2D eigenvalue weighted by atomic mass is 35.5. The molecule has 1 N–H and O–H groups in total. The lowest BCUT2D eigenvalue weighted by Gasteiger charge is -2.27. The van der Waals surface area contributed by atoms with Crippen LogP contribution in [-0.2, 0) is 14.3 Å². The number of halogens is 1. The number of thiophene rings is 1. The van der Waals surface area contributed by atoms with Gasteiger partial charge in [-0.05, 0) is 11.4 Å². The van der Waals surface area contributed by atoms with Crippen LogP contribution in [-0.4, -0.2) is 55.3 Å². The van der Waals surface area contributed by atoms with Crippen molar-refractivity contribution in [2.75, 3.05) is 38.3 Å². The minimum Gasteiger partial charge on any atom is -0.469 e. The van der Waals surface area contributed by atoms with Crippen LogP contribution in [0.15, 0.2) is 23.7 Å². The number of nitrogens with one attached hydrogen (secondary N) is 1. The van der Waals surface area contributed by atoms with Crippen molar-refractivity contribution in [2.45, 2.75) is 12.5 Å². The van der Waals surface area contributed by atoms with E-state index in [4.69, 9.17) is 21.1 Å². The average Bonchev–Trinajstić information content (AvgIpc) is 3.23. The third-order valence-corrected chi connectivity index (χ3v) is 5.29. The Morgan fingerprint density at radius 1 is 1.44 bits per heavy atom. The van der Waals surface area contributed by atoms with Crippen molar-refractivity contribution in [1.29, 1.82) is 0 Å². The van der Waals surface area contributed by atoms with Gasteiger partial charge in [-0.15, -0.1) is 11.3 Å². The fourth-order valence-electron chi connectivity index (χ4n) is 2.62. The van der Waals surface area contributed by atoms with E-state index in [9.17, 15) is 9.59 Å². The smallest absolute Gasteiger partial charge is 0.307 e. The van der Waals surface area contributed by atoms with Crippen molar-refractivity contribution in [3.63, 3.8) is 0 Å². The molecule has 144 valence electrons. The van der Waals surface area contributed by atoms with Crippen LogP contribution in [0, 0.1) is 0 Å². The average molecular weight is 411 g/mol. The number of esters is 1. The Labute approximate surface area is 165 Å². The molecule has 0 bridgehead atoms. The first kappa shape index (κ1) is 19.5. The number of aromatic nitrogens is 2. The third-order valence-electron chi connectivity index (χ3n) is 4.03. The van der Waals surface area contributed by atoms with Gasteiger partial charge in [0.05, 0.1) is 44.0 Å². The van der Waals surface area contributed by atoms with Gasteiger partial charge in [0.1, 0.15) is 0 Å². The molecule has 2 aromatic rings. The first-order valence-corrected chi connectivity index (χ1v) is 9.60. The zero-order valence-electron chi connectivity index (χ0n) is 14.7. The van der Waals surface area contributed by atoms with E-state index in [1.54, 1.807) is 0 Å². The van der Waals surface area contributed by atoms with Crippen molar-refractivity contribution in [1.82, 2.24) is 15.3 Å². The van der Waals surface area contributed by atoms with E-state index in [2.05, 4.69) is 15.3 Å². The zero-order valence-corrected chi connectivity index (χ0v) is 16.3. The first-order chi connectivity index (χ1) is 13.1. The molecule has 8 nitrogen and oxygen atoms in total. The van der Waals surface area contributed by atoms with Gasteiger partial charge in [0.25, 0.3) is 5.91 Å². The Kier molecular flexibility index (Phi) is 6.59. The molecule has 1 aliphatic rings. The van der Waals surface area contributed by atoms with Crippen LogP contribution < -0.4 is 10.2 Å². The van der Waals surface area contributed by atoms with Crippen molar-refractivity contribution in [3.05, 3.63) is 39.3 Å². The minimum absolute atomic E-state index is 0.0157. The van der Waals surface area contributed by atoms with E-state index in [-0.39, 0.29) is 17.1 Å². The quantitative estimate of drug-likeness (QED) is 0.728. The van der Waals surface area contributed by atoms with Crippen LogP contribution in [0.4, 0.5) is 5.95 Å². The summed E-state index contributed by atoms with van der Waals surface area (Å²) in [5.74, 6) is -0.468. The summed E-state index contributed by atoms with van der Waals surface area (Å²) in [4.78, 5) is 35.8. The number of ether oxygens (including phenoxy) is 2. The molecular formula is C17H19ClN4O4S. The van der Waals surface area contributed by atoms with Gasteiger partial charge < -0.3 is 19.7 Å². The Balaban J connectivity index is 1.79. The van der Waals surface area contributed by atoms with E-state index < -0.39 is 17.9 Å². The fraction of sp³-hybridized carbons (Fsp3) is 0.412. The molecule has 1 saturated heterocycles. The number of rotatable bonds is 6. The van der Waals surface area contributed by atoms with Crippen LogP contribution in [0.5, 0.6) is 0 Å². The molecular weight excluding hydrogens is 392 g/mol. The van der Waals surface area contributed by atoms with Gasteiger partial charge in [0.15, 0.2) is 5.69 Å². The summed E-state index contributed by atoms with van der Waals surface area (Å²) in [7, 11) is 1.31. The minimum atomic E-state index is -0.525. The monoisotopic (exact) mass is 410 g/mol. The molecule has 27 heavy (non-hydrogen) atoms. The van der Waals surface area contributed by atoms with Gasteiger partial charge in [0, 0.05) is 18.0 Å². The van der Waals surface area contributed by atoms with Crippen LogP contribution in [0.1, 0.15) is 27.8 Å². The number of hydrogen-bond donors (Lipinski definition) is 1. The molecule has 1 atom stereocenters. The Morgan fingerprint density at radius 3 is 2.89 bits per heavy atom. The van der Waals surface area contributed by atoms with Crippen molar-refractivity contribution in [2.24, 2.45) is 0 Å². The van der Waals surface area contributed by atoms with Gasteiger partial charge in [0.2, 0.25) is 5.95 Å². The summed E-state index contributed by atoms with van der Waals surface area (Å²) in [6.07, 6.45) is 1.43. The van der Waals surface area contributed by atoms with E-state index in [0.717, 1.165) is 4.88 Å². The molecule has 3 rings (SSSR count). The van der Waals surface area contributed by atoms with Crippen molar-refractivity contribution < 1.29 is 19.1 Å². The van der Waals surface area contributed by atoms with Gasteiger partial charge >= 0.3 is 5.97 Å². The highest BCUT2D eigenvalue weighted by Gasteiger charge is 2.24. The highest BCUT2D eigenvalue weighted by molar-refractivity contribution is 7.10. The Bertz CT molecular complexity index is 796. The number of anilines is 1. The molecule has 0 radical (unpaired) electrons. The molecule has 1 amide bonds. The topological polar surface area (TPSA) is 93.6 Å². The van der Waals surface area contributed by atoms with Gasteiger partial charge in [-0.25, -0.2) is 9.97 Å². The molecule has 2 aromatic heterocycles. The van der Waals surface area contributed by atoms with Crippen LogP contribution >= 0.6 is 22.9 Å². The van der Waals surface area contributed by atoms with E-state index >= 15 is 0 Å². The molecule has 10 heteroatoms. The summed E-state index contributed by atoms with van der Waals surface area (Å²) >= 11 is 7.59. The molecule has 1 aliphatic heterocycles. The lowest BCUT2D eigenvalue weighted by molar-refractivity contribution is -0.141. The molecule has 1 fully saturated rings. The number of carbonyl (C=O) groups is 2. The molecule has 0 aromatic carbocycles. The first-order valence-electron chi connectivity index (χ1n) is 8.35. The predicted octanol–water partition coefficient (Wildman–Crippen LogP) is 2.06. The maximum absolute atomic E-state index is 12.8. The second-order valence-electron chi connectivity index (χ2n) is 5.79. The number of methoxy groups -OCH3 is 1. The summed E-state index contributed by atoms with van der Waals surface area (Å²) in [6.45, 7) is 2.44. The van der Waals surface area contributed by atoms with Gasteiger partial charge in [-0.1, -0.05) is 17.7 Å².